The molecule has 18 heavy (non-hydrogen) atoms. The summed E-state index contributed by atoms with van der Waals surface area (Å²) in [4.78, 5) is 11.8. The lowest BCUT2D eigenvalue weighted by molar-refractivity contribution is -0.121. The topological polar surface area (TPSA) is 58.6 Å². The minimum atomic E-state index is -0.173. The second kappa shape index (κ2) is 7.01. The van der Waals surface area contributed by atoms with Crippen LogP contribution in [0.15, 0.2) is 18.2 Å². The van der Waals surface area contributed by atoms with Gasteiger partial charge in [0.15, 0.2) is 0 Å². The number of amides is 1. The van der Waals surface area contributed by atoms with E-state index < -0.39 is 0 Å². The fraction of sp³-hybridized carbons (Fsp3) is 0.500. The number of aryl methyl sites for hydroxylation is 1. The maximum absolute atomic E-state index is 11.8. The van der Waals surface area contributed by atoms with E-state index in [1.165, 1.54) is 0 Å². The van der Waals surface area contributed by atoms with Gasteiger partial charge in [-0.25, -0.2) is 0 Å². The monoisotopic (exact) mass is 251 g/mol. The molecule has 0 heterocycles. The Morgan fingerprint density at radius 3 is 2.78 bits per heavy atom. The quantitative estimate of drug-likeness (QED) is 0.804. The maximum atomic E-state index is 11.8. The fourth-order valence-corrected chi connectivity index (χ4v) is 1.77. The number of carbonyl (C=O) groups excluding carboxylic acids is 1. The highest BCUT2D eigenvalue weighted by Crippen LogP contribution is 2.20. The summed E-state index contributed by atoms with van der Waals surface area (Å²) in [6, 6.07) is 5.58. The number of rotatable bonds is 6. The van der Waals surface area contributed by atoms with E-state index in [1.807, 2.05) is 32.0 Å². The predicted octanol–water partition coefficient (Wildman–Crippen LogP) is 1.43. The van der Waals surface area contributed by atoms with Crippen LogP contribution in [0, 0.1) is 6.92 Å². The van der Waals surface area contributed by atoms with E-state index in [1.54, 1.807) is 7.11 Å². The van der Waals surface area contributed by atoms with Crippen molar-refractivity contribution in [1.29, 1.82) is 0 Å². The average molecular weight is 251 g/mol. The predicted molar refractivity (Wildman–Crippen MR) is 70.7 cm³/mol. The van der Waals surface area contributed by atoms with Crippen LogP contribution in [0.4, 0.5) is 0 Å². The number of benzene rings is 1. The Morgan fingerprint density at radius 2 is 2.22 bits per heavy atom. The molecule has 1 aromatic rings. The summed E-state index contributed by atoms with van der Waals surface area (Å²) in [6.07, 6.45) is 0.981. The summed E-state index contributed by atoms with van der Waals surface area (Å²) in [6.45, 7) is 3.87. The van der Waals surface area contributed by atoms with Crippen molar-refractivity contribution in [2.45, 2.75) is 32.7 Å². The Kier molecular flexibility index (Phi) is 5.65. The van der Waals surface area contributed by atoms with Crippen LogP contribution in [-0.4, -0.2) is 30.8 Å². The van der Waals surface area contributed by atoms with Crippen molar-refractivity contribution in [1.82, 2.24) is 5.32 Å². The third-order valence-electron chi connectivity index (χ3n) is 2.87. The Bertz CT molecular complexity index is 400. The van der Waals surface area contributed by atoms with Crippen molar-refractivity contribution in [3.8, 4) is 5.75 Å². The number of hydrogen-bond donors (Lipinski definition) is 2. The Morgan fingerprint density at radius 1 is 1.50 bits per heavy atom. The van der Waals surface area contributed by atoms with Crippen LogP contribution in [0.5, 0.6) is 5.75 Å². The minimum Gasteiger partial charge on any atom is -0.496 e. The molecule has 0 saturated heterocycles. The summed E-state index contributed by atoms with van der Waals surface area (Å²) in [5.74, 6) is 0.618. The smallest absolute Gasteiger partial charge is 0.224 e. The molecule has 2 N–H and O–H groups in total. The van der Waals surface area contributed by atoms with Gasteiger partial charge in [0.05, 0.1) is 26.2 Å². The molecule has 1 unspecified atom stereocenters. The van der Waals surface area contributed by atoms with E-state index in [2.05, 4.69) is 5.32 Å². The summed E-state index contributed by atoms with van der Waals surface area (Å²) in [7, 11) is 1.59. The molecular formula is C14H21NO3. The first kappa shape index (κ1) is 14.5. The molecule has 4 nitrogen and oxygen atoms in total. The van der Waals surface area contributed by atoms with Gasteiger partial charge in [0.25, 0.3) is 0 Å². The molecule has 0 aliphatic carbocycles. The molecule has 4 heteroatoms. The van der Waals surface area contributed by atoms with Gasteiger partial charge < -0.3 is 15.2 Å². The molecule has 100 valence electrons. The number of carbonyl (C=O) groups is 1. The zero-order valence-corrected chi connectivity index (χ0v) is 11.2. The van der Waals surface area contributed by atoms with E-state index in [-0.39, 0.29) is 25.0 Å². The lowest BCUT2D eigenvalue weighted by Gasteiger charge is -2.15. The van der Waals surface area contributed by atoms with Crippen LogP contribution in [0.3, 0.4) is 0 Å². The number of hydrogen-bond acceptors (Lipinski definition) is 3. The van der Waals surface area contributed by atoms with E-state index >= 15 is 0 Å². The van der Waals surface area contributed by atoms with Gasteiger partial charge in [0.2, 0.25) is 5.91 Å². The van der Waals surface area contributed by atoms with Crippen LogP contribution in [0.2, 0.25) is 0 Å². The SMILES string of the molecule is CCC(CO)NC(=O)Cc1cc(C)ccc1OC. The van der Waals surface area contributed by atoms with Crippen molar-refractivity contribution in [3.05, 3.63) is 29.3 Å². The maximum Gasteiger partial charge on any atom is 0.224 e. The lowest BCUT2D eigenvalue weighted by Crippen LogP contribution is -2.37. The first-order valence-electron chi connectivity index (χ1n) is 6.14. The highest BCUT2D eigenvalue weighted by atomic mass is 16.5. The number of aliphatic hydroxyl groups is 1. The summed E-state index contributed by atoms with van der Waals surface area (Å²) in [5, 5.41) is 11.8. The highest BCUT2D eigenvalue weighted by molar-refractivity contribution is 5.79. The standard InChI is InChI=1S/C14H21NO3/c1-4-12(9-16)15-14(17)8-11-7-10(2)5-6-13(11)18-3/h5-7,12,16H,4,8-9H2,1-3H3,(H,15,17). The lowest BCUT2D eigenvalue weighted by atomic mass is 10.1. The summed E-state index contributed by atoms with van der Waals surface area (Å²) < 4.78 is 5.23. The van der Waals surface area contributed by atoms with Crippen LogP contribution < -0.4 is 10.1 Å². The van der Waals surface area contributed by atoms with Crippen molar-refractivity contribution < 1.29 is 14.6 Å². The average Bonchev–Trinajstić information content (AvgIpc) is 2.36. The van der Waals surface area contributed by atoms with Gasteiger partial charge in [-0.2, -0.15) is 0 Å². The van der Waals surface area contributed by atoms with Crippen molar-refractivity contribution >= 4 is 5.91 Å². The zero-order chi connectivity index (χ0) is 13.5. The van der Waals surface area contributed by atoms with Gasteiger partial charge in [-0.3, -0.25) is 4.79 Å². The molecule has 0 saturated carbocycles. The van der Waals surface area contributed by atoms with Crippen LogP contribution in [-0.2, 0) is 11.2 Å². The van der Waals surface area contributed by atoms with E-state index in [9.17, 15) is 4.79 Å². The third kappa shape index (κ3) is 4.04. The highest BCUT2D eigenvalue weighted by Gasteiger charge is 2.12. The van der Waals surface area contributed by atoms with E-state index in [4.69, 9.17) is 9.84 Å². The first-order valence-corrected chi connectivity index (χ1v) is 6.14. The molecule has 1 rings (SSSR count). The molecule has 1 aromatic carbocycles. The number of nitrogens with one attached hydrogen (secondary N) is 1. The Balaban J connectivity index is 2.71. The molecule has 1 amide bonds. The molecule has 0 bridgehead atoms. The summed E-state index contributed by atoms with van der Waals surface area (Å²) in [5.41, 5.74) is 1.95. The Labute approximate surface area is 108 Å². The number of methoxy groups -OCH3 is 1. The van der Waals surface area contributed by atoms with Crippen LogP contribution in [0.1, 0.15) is 24.5 Å². The largest absolute Gasteiger partial charge is 0.496 e. The molecule has 0 fully saturated rings. The molecule has 0 aliphatic rings. The number of aliphatic hydroxyl groups excluding tert-OH is 1. The second-order valence-electron chi connectivity index (χ2n) is 4.35. The van der Waals surface area contributed by atoms with Crippen molar-refractivity contribution in [2.75, 3.05) is 13.7 Å². The second-order valence-corrected chi connectivity index (χ2v) is 4.35. The van der Waals surface area contributed by atoms with Gasteiger partial charge in [0.1, 0.15) is 5.75 Å². The van der Waals surface area contributed by atoms with E-state index in [0.717, 1.165) is 11.1 Å². The number of ether oxygens (including phenoxy) is 1. The molecule has 0 aromatic heterocycles. The molecule has 0 aliphatic heterocycles. The zero-order valence-electron chi connectivity index (χ0n) is 11.2. The molecule has 0 spiro atoms. The van der Waals surface area contributed by atoms with Crippen molar-refractivity contribution in [3.63, 3.8) is 0 Å². The normalized spacial score (nSPS) is 12.0. The van der Waals surface area contributed by atoms with Gasteiger partial charge in [-0.15, -0.1) is 0 Å². The van der Waals surface area contributed by atoms with E-state index in [0.29, 0.717) is 12.2 Å². The fourth-order valence-electron chi connectivity index (χ4n) is 1.77. The van der Waals surface area contributed by atoms with Gasteiger partial charge in [-0.1, -0.05) is 24.6 Å². The first-order chi connectivity index (χ1) is 8.60. The van der Waals surface area contributed by atoms with Gasteiger partial charge in [-0.05, 0) is 19.4 Å². The Hall–Kier alpha value is -1.55. The third-order valence-corrected chi connectivity index (χ3v) is 2.87. The van der Waals surface area contributed by atoms with Crippen LogP contribution in [0.25, 0.3) is 0 Å². The summed E-state index contributed by atoms with van der Waals surface area (Å²) >= 11 is 0. The molecule has 0 radical (unpaired) electrons. The van der Waals surface area contributed by atoms with Gasteiger partial charge >= 0.3 is 0 Å². The minimum absolute atomic E-state index is 0.0345. The van der Waals surface area contributed by atoms with Crippen LogP contribution >= 0.6 is 0 Å². The van der Waals surface area contributed by atoms with Gasteiger partial charge in [0, 0.05) is 5.56 Å². The molecular weight excluding hydrogens is 230 g/mol. The van der Waals surface area contributed by atoms with Crippen molar-refractivity contribution in [2.24, 2.45) is 0 Å². The molecule has 1 atom stereocenters.